The van der Waals surface area contributed by atoms with Gasteiger partial charge >= 0.3 is 6.18 Å². The van der Waals surface area contributed by atoms with E-state index in [1.54, 1.807) is 6.07 Å². The quantitative estimate of drug-likeness (QED) is 0.862. The van der Waals surface area contributed by atoms with Crippen LogP contribution in [0.4, 0.5) is 23.5 Å². The molecule has 0 bridgehead atoms. The van der Waals surface area contributed by atoms with Crippen LogP contribution in [0.2, 0.25) is 0 Å². The fourth-order valence-corrected chi connectivity index (χ4v) is 1.45. The predicted molar refractivity (Wildman–Crippen MR) is 62.6 cm³/mol. The molecule has 108 valence electrons. The van der Waals surface area contributed by atoms with Gasteiger partial charge in [-0.3, -0.25) is 0 Å². The highest BCUT2D eigenvalue weighted by atomic mass is 19.4. The summed E-state index contributed by atoms with van der Waals surface area (Å²) in [6.07, 6.45) is -4.11. The van der Waals surface area contributed by atoms with Crippen molar-refractivity contribution in [3.05, 3.63) is 41.3 Å². The average Bonchev–Trinajstić information content (AvgIpc) is 2.42. The Balaban J connectivity index is 2.49. The topological polar surface area (TPSA) is 84.8 Å². The predicted octanol–water partition coefficient (Wildman–Crippen LogP) is 2.88. The van der Waals surface area contributed by atoms with Crippen LogP contribution in [0.3, 0.4) is 0 Å². The molecule has 1 aromatic heterocycles. The molecule has 0 fully saturated rings. The van der Waals surface area contributed by atoms with Crippen LogP contribution in [0.1, 0.15) is 11.1 Å². The molecule has 0 saturated heterocycles. The van der Waals surface area contributed by atoms with E-state index in [9.17, 15) is 17.6 Å². The van der Waals surface area contributed by atoms with Crippen molar-refractivity contribution in [3.63, 3.8) is 0 Å². The van der Waals surface area contributed by atoms with Crippen LogP contribution < -0.4 is 10.5 Å². The largest absolute Gasteiger partial charge is 0.436 e. The van der Waals surface area contributed by atoms with Crippen LogP contribution in [0.25, 0.3) is 0 Å². The summed E-state index contributed by atoms with van der Waals surface area (Å²) >= 11 is 0. The van der Waals surface area contributed by atoms with Gasteiger partial charge in [0.25, 0.3) is 5.88 Å². The molecule has 5 nitrogen and oxygen atoms in total. The van der Waals surface area contributed by atoms with E-state index >= 15 is 0 Å². The summed E-state index contributed by atoms with van der Waals surface area (Å²) in [6.45, 7) is 0. The molecule has 0 aliphatic carbocycles. The van der Waals surface area contributed by atoms with E-state index in [4.69, 9.17) is 15.7 Å². The first kappa shape index (κ1) is 14.5. The van der Waals surface area contributed by atoms with Gasteiger partial charge in [-0.1, -0.05) is 0 Å². The van der Waals surface area contributed by atoms with Gasteiger partial charge in [0.2, 0.25) is 11.8 Å². The zero-order valence-corrected chi connectivity index (χ0v) is 10.1. The van der Waals surface area contributed by atoms with E-state index in [0.29, 0.717) is 12.3 Å². The third-order valence-electron chi connectivity index (χ3n) is 2.35. The first-order valence-electron chi connectivity index (χ1n) is 5.38. The number of nitrogens with two attached hydrogens (primary N) is 1. The molecule has 0 spiro atoms. The Morgan fingerprint density at radius 1 is 1.29 bits per heavy atom. The minimum Gasteiger partial charge on any atom is -0.436 e. The number of nitrogens with zero attached hydrogens (tertiary/aromatic N) is 3. The zero-order valence-electron chi connectivity index (χ0n) is 10.1. The first-order valence-corrected chi connectivity index (χ1v) is 5.38. The number of alkyl halides is 3. The van der Waals surface area contributed by atoms with Gasteiger partial charge in [-0.05, 0) is 18.2 Å². The van der Waals surface area contributed by atoms with Gasteiger partial charge < -0.3 is 10.5 Å². The van der Waals surface area contributed by atoms with Crippen molar-refractivity contribution < 1.29 is 22.3 Å². The second-order valence-corrected chi connectivity index (χ2v) is 3.80. The summed E-state index contributed by atoms with van der Waals surface area (Å²) in [7, 11) is 0. The molecular formula is C12H6F4N4O. The first-order chi connectivity index (χ1) is 9.81. The maximum atomic E-state index is 13.4. The lowest BCUT2D eigenvalue weighted by Crippen LogP contribution is -2.08. The summed E-state index contributed by atoms with van der Waals surface area (Å²) in [5, 5.41) is 8.63. The number of benzene rings is 1. The molecule has 0 radical (unpaired) electrons. The average molecular weight is 298 g/mol. The number of rotatable bonds is 2. The van der Waals surface area contributed by atoms with Crippen molar-refractivity contribution >= 4 is 5.95 Å². The molecule has 21 heavy (non-hydrogen) atoms. The van der Waals surface area contributed by atoms with Gasteiger partial charge in [-0.2, -0.15) is 27.8 Å². The molecule has 0 saturated carbocycles. The number of nitriles is 1. The van der Waals surface area contributed by atoms with Gasteiger partial charge in [0, 0.05) is 0 Å². The van der Waals surface area contributed by atoms with E-state index in [2.05, 4.69) is 9.97 Å². The van der Waals surface area contributed by atoms with Crippen molar-refractivity contribution in [1.29, 1.82) is 5.26 Å². The Morgan fingerprint density at radius 3 is 2.62 bits per heavy atom. The summed E-state index contributed by atoms with van der Waals surface area (Å²) in [5.74, 6) is -2.86. The lowest BCUT2D eigenvalue weighted by atomic mass is 10.1. The van der Waals surface area contributed by atoms with E-state index in [1.165, 1.54) is 0 Å². The molecule has 2 rings (SSSR count). The lowest BCUT2D eigenvalue weighted by molar-refractivity contribution is -0.138. The highest BCUT2D eigenvalue weighted by Gasteiger charge is 2.35. The van der Waals surface area contributed by atoms with Gasteiger partial charge in [0.05, 0.1) is 23.4 Å². The van der Waals surface area contributed by atoms with E-state index in [0.717, 1.165) is 12.1 Å². The minimum atomic E-state index is -4.78. The Hall–Kier alpha value is -2.89. The number of hydrogen-bond donors (Lipinski definition) is 1. The number of anilines is 1. The molecule has 9 heteroatoms. The Bertz CT molecular complexity index is 724. The maximum Gasteiger partial charge on any atom is 0.420 e. The van der Waals surface area contributed by atoms with E-state index < -0.39 is 29.2 Å². The van der Waals surface area contributed by atoms with Crippen molar-refractivity contribution in [1.82, 2.24) is 9.97 Å². The maximum absolute atomic E-state index is 13.4. The fourth-order valence-electron chi connectivity index (χ4n) is 1.45. The second kappa shape index (κ2) is 5.24. The minimum absolute atomic E-state index is 0.211. The highest BCUT2D eigenvalue weighted by molar-refractivity contribution is 5.45. The molecule has 0 aliphatic heterocycles. The van der Waals surface area contributed by atoms with Gasteiger partial charge in [0.1, 0.15) is 5.75 Å². The van der Waals surface area contributed by atoms with Gasteiger partial charge in [0.15, 0.2) is 0 Å². The van der Waals surface area contributed by atoms with Crippen LogP contribution in [0, 0.1) is 17.1 Å². The normalized spacial score (nSPS) is 11.0. The van der Waals surface area contributed by atoms with Crippen LogP contribution in [-0.2, 0) is 6.18 Å². The van der Waals surface area contributed by atoms with Crippen LogP contribution in [-0.4, -0.2) is 9.97 Å². The monoisotopic (exact) mass is 298 g/mol. The molecule has 0 aliphatic rings. The SMILES string of the molecule is N#Cc1ccc(Oc2nc(N)ncc2F)c(C(F)(F)F)c1. The molecule has 0 atom stereocenters. The number of nitrogen functional groups attached to an aromatic ring is 1. The van der Waals surface area contributed by atoms with E-state index in [1.807, 2.05) is 0 Å². The summed E-state index contributed by atoms with van der Waals surface area (Å²) in [5.41, 5.74) is 3.78. The number of ether oxygens (including phenoxy) is 1. The molecule has 0 unspecified atom stereocenters. The molecule has 2 aromatic rings. The molecule has 1 aromatic carbocycles. The Kier molecular flexibility index (Phi) is 3.62. The lowest BCUT2D eigenvalue weighted by Gasteiger charge is -2.13. The highest BCUT2D eigenvalue weighted by Crippen LogP contribution is 2.38. The molecular weight excluding hydrogens is 292 g/mol. The fraction of sp³-hybridized carbons (Fsp3) is 0.0833. The molecule has 2 N–H and O–H groups in total. The Morgan fingerprint density at radius 2 is 2.00 bits per heavy atom. The number of aromatic nitrogens is 2. The van der Waals surface area contributed by atoms with Crippen LogP contribution in [0.15, 0.2) is 24.4 Å². The van der Waals surface area contributed by atoms with Crippen molar-refractivity contribution in [2.75, 3.05) is 5.73 Å². The number of halogens is 4. The number of hydrogen-bond acceptors (Lipinski definition) is 5. The van der Waals surface area contributed by atoms with Crippen LogP contribution >= 0.6 is 0 Å². The summed E-state index contributed by atoms with van der Waals surface area (Å²) < 4.78 is 56.9. The second-order valence-electron chi connectivity index (χ2n) is 3.80. The third-order valence-corrected chi connectivity index (χ3v) is 2.35. The molecule has 1 heterocycles. The molecule has 0 amide bonds. The van der Waals surface area contributed by atoms with Crippen molar-refractivity contribution in [2.45, 2.75) is 6.18 Å². The van der Waals surface area contributed by atoms with Gasteiger partial charge in [-0.25, -0.2) is 4.98 Å². The summed E-state index contributed by atoms with van der Waals surface area (Å²) in [4.78, 5) is 6.70. The van der Waals surface area contributed by atoms with E-state index in [-0.39, 0.29) is 11.5 Å². The van der Waals surface area contributed by atoms with Crippen molar-refractivity contribution in [2.24, 2.45) is 0 Å². The standard InChI is InChI=1S/C12H6F4N4O/c13-8-5-19-11(18)20-10(8)21-9-2-1-6(4-17)3-7(9)12(14,15)16/h1-3,5H,(H2,18,19,20). The zero-order chi connectivity index (χ0) is 15.6. The third kappa shape index (κ3) is 3.17. The van der Waals surface area contributed by atoms with Crippen LogP contribution in [0.5, 0.6) is 11.6 Å². The van der Waals surface area contributed by atoms with Crippen molar-refractivity contribution in [3.8, 4) is 17.7 Å². The summed E-state index contributed by atoms with van der Waals surface area (Å²) in [6, 6.07) is 4.18. The van der Waals surface area contributed by atoms with Gasteiger partial charge in [-0.15, -0.1) is 0 Å². The smallest absolute Gasteiger partial charge is 0.420 e. The Labute approximate surface area is 115 Å².